The summed E-state index contributed by atoms with van der Waals surface area (Å²) in [5.74, 6) is -1.13. The Morgan fingerprint density at radius 1 is 1.48 bits per heavy atom. The van der Waals surface area contributed by atoms with Gasteiger partial charge >= 0.3 is 0 Å². The van der Waals surface area contributed by atoms with Crippen LogP contribution in [0.5, 0.6) is 0 Å². The molecule has 0 saturated carbocycles. The number of amides is 1. The van der Waals surface area contributed by atoms with Gasteiger partial charge in [0.25, 0.3) is 0 Å². The number of benzene rings is 1. The minimum Gasteiger partial charge on any atom is -0.302 e. The maximum absolute atomic E-state index is 13.6. The minimum atomic E-state index is -3.30. The summed E-state index contributed by atoms with van der Waals surface area (Å²) in [4.78, 5) is 16.4. The largest absolute Gasteiger partial charge is 0.302 e. The van der Waals surface area contributed by atoms with Gasteiger partial charge in [-0.25, -0.2) is 22.1 Å². The molecule has 0 radical (unpaired) electrons. The lowest BCUT2D eigenvalue weighted by atomic mass is 9.99. The molecule has 6 nitrogen and oxygen atoms in total. The molecule has 1 saturated heterocycles. The van der Waals surface area contributed by atoms with Gasteiger partial charge in [-0.2, -0.15) is 0 Å². The van der Waals surface area contributed by atoms with Crippen molar-refractivity contribution < 1.29 is 17.6 Å². The Kier molecular flexibility index (Phi) is 4.35. The number of rotatable bonds is 3. The molecular weight excluding hydrogens is 341 g/mol. The van der Waals surface area contributed by atoms with Crippen LogP contribution in [-0.4, -0.2) is 43.0 Å². The fourth-order valence-corrected chi connectivity index (χ4v) is 4.43. The number of nitrogens with zero attached hydrogens (tertiary/aromatic N) is 2. The van der Waals surface area contributed by atoms with Crippen molar-refractivity contribution in [3.05, 3.63) is 24.0 Å². The lowest BCUT2D eigenvalue weighted by Crippen LogP contribution is -2.43. The van der Waals surface area contributed by atoms with Crippen LogP contribution in [0.1, 0.15) is 12.8 Å². The summed E-state index contributed by atoms with van der Waals surface area (Å²) in [6.07, 6.45) is 2.40. The van der Waals surface area contributed by atoms with Gasteiger partial charge in [0.2, 0.25) is 15.9 Å². The number of fused-ring (bicyclic) bond motifs is 1. The molecule has 3 rings (SSSR count). The molecule has 9 heteroatoms. The Morgan fingerprint density at radius 2 is 2.26 bits per heavy atom. The molecule has 1 atom stereocenters. The summed E-state index contributed by atoms with van der Waals surface area (Å²) in [7, 11) is -3.30. The number of aromatic nitrogens is 1. The number of anilines is 1. The number of thiazole rings is 1. The van der Waals surface area contributed by atoms with Gasteiger partial charge in [-0.1, -0.05) is 17.4 Å². The van der Waals surface area contributed by atoms with E-state index in [1.165, 1.54) is 21.7 Å². The van der Waals surface area contributed by atoms with Gasteiger partial charge in [0.05, 0.1) is 16.9 Å². The van der Waals surface area contributed by atoms with Crippen LogP contribution in [0.15, 0.2) is 18.2 Å². The molecule has 23 heavy (non-hydrogen) atoms. The molecule has 2 aromatic rings. The second-order valence-corrected chi connectivity index (χ2v) is 8.57. The molecule has 1 aromatic heterocycles. The van der Waals surface area contributed by atoms with Crippen molar-refractivity contribution in [1.29, 1.82) is 0 Å². The Hall–Kier alpha value is -1.58. The highest BCUT2D eigenvalue weighted by atomic mass is 32.2. The Bertz CT molecular complexity index is 850. The lowest BCUT2D eigenvalue weighted by molar-refractivity contribution is -0.120. The molecular formula is C14H16FN3O3S2. The van der Waals surface area contributed by atoms with E-state index in [2.05, 4.69) is 10.3 Å². The molecule has 124 valence electrons. The topological polar surface area (TPSA) is 79.4 Å². The first-order valence-corrected chi connectivity index (χ1v) is 9.82. The summed E-state index contributed by atoms with van der Waals surface area (Å²) in [5, 5.41) is 3.01. The molecule has 1 aromatic carbocycles. The third-order valence-corrected chi connectivity index (χ3v) is 6.03. The van der Waals surface area contributed by atoms with Crippen molar-refractivity contribution in [3.63, 3.8) is 0 Å². The highest BCUT2D eigenvalue weighted by Crippen LogP contribution is 2.28. The van der Waals surface area contributed by atoms with Gasteiger partial charge in [-0.05, 0) is 25.0 Å². The van der Waals surface area contributed by atoms with Crippen molar-refractivity contribution in [3.8, 4) is 0 Å². The summed E-state index contributed by atoms with van der Waals surface area (Å²) >= 11 is 1.20. The first kappa shape index (κ1) is 16.3. The van der Waals surface area contributed by atoms with Crippen LogP contribution < -0.4 is 5.32 Å². The third-order valence-electron chi connectivity index (χ3n) is 3.82. The van der Waals surface area contributed by atoms with E-state index in [1.54, 1.807) is 12.1 Å². The number of sulfonamides is 1. The highest BCUT2D eigenvalue weighted by molar-refractivity contribution is 7.88. The average Bonchev–Trinajstić information content (AvgIpc) is 2.90. The van der Waals surface area contributed by atoms with E-state index in [0.717, 1.165) is 6.26 Å². The van der Waals surface area contributed by atoms with Crippen molar-refractivity contribution in [2.75, 3.05) is 24.7 Å². The van der Waals surface area contributed by atoms with E-state index in [0.29, 0.717) is 29.2 Å². The molecule has 0 aliphatic carbocycles. The molecule has 1 aliphatic heterocycles. The summed E-state index contributed by atoms with van der Waals surface area (Å²) in [6.45, 7) is 0.610. The van der Waals surface area contributed by atoms with Crippen LogP contribution in [-0.2, 0) is 14.8 Å². The molecule has 2 heterocycles. The second kappa shape index (κ2) is 6.14. The standard InChI is InChI=1S/C14H16FN3O3S2/c1-23(20,21)18-7-3-4-9(8-18)13(19)17-14-16-12-10(15)5-2-6-11(12)22-14/h2,5-6,9H,3-4,7-8H2,1H3,(H,16,17,19). The fraction of sp³-hybridized carbons (Fsp3) is 0.429. The average molecular weight is 357 g/mol. The number of hydrogen-bond donors (Lipinski definition) is 1. The van der Waals surface area contributed by atoms with Gasteiger partial charge in [-0.3, -0.25) is 4.79 Å². The zero-order chi connectivity index (χ0) is 16.6. The molecule has 0 bridgehead atoms. The molecule has 1 N–H and O–H groups in total. The predicted octanol–water partition coefficient (Wildman–Crippen LogP) is 2.05. The number of piperidine rings is 1. The van der Waals surface area contributed by atoms with Crippen LogP contribution in [0.25, 0.3) is 10.2 Å². The van der Waals surface area contributed by atoms with Gasteiger partial charge in [0.15, 0.2) is 5.13 Å². The number of halogens is 1. The predicted molar refractivity (Wildman–Crippen MR) is 87.3 cm³/mol. The first-order valence-electron chi connectivity index (χ1n) is 7.15. The summed E-state index contributed by atoms with van der Waals surface area (Å²) in [5.41, 5.74) is 0.231. The van der Waals surface area contributed by atoms with Gasteiger partial charge in [-0.15, -0.1) is 0 Å². The highest BCUT2D eigenvalue weighted by Gasteiger charge is 2.30. The van der Waals surface area contributed by atoms with Crippen molar-refractivity contribution >= 4 is 42.6 Å². The Morgan fingerprint density at radius 3 is 2.96 bits per heavy atom. The van der Waals surface area contributed by atoms with Crippen LogP contribution in [0, 0.1) is 11.7 Å². The number of para-hydroxylation sites is 1. The van der Waals surface area contributed by atoms with Gasteiger partial charge in [0.1, 0.15) is 11.3 Å². The maximum Gasteiger partial charge on any atom is 0.230 e. The van der Waals surface area contributed by atoms with Crippen LogP contribution in [0.2, 0.25) is 0 Å². The number of carbonyl (C=O) groups is 1. The summed E-state index contributed by atoms with van der Waals surface area (Å²) < 4.78 is 38.8. The van der Waals surface area contributed by atoms with E-state index in [-0.39, 0.29) is 18.0 Å². The van der Waals surface area contributed by atoms with Crippen LogP contribution in [0.3, 0.4) is 0 Å². The minimum absolute atomic E-state index is 0.171. The zero-order valence-corrected chi connectivity index (χ0v) is 14.1. The Labute approximate surface area is 137 Å². The van der Waals surface area contributed by atoms with Gasteiger partial charge < -0.3 is 5.32 Å². The third kappa shape index (κ3) is 3.51. The lowest BCUT2D eigenvalue weighted by Gasteiger charge is -2.29. The number of carbonyl (C=O) groups excluding carboxylic acids is 1. The van der Waals surface area contributed by atoms with E-state index in [4.69, 9.17) is 0 Å². The smallest absolute Gasteiger partial charge is 0.230 e. The van der Waals surface area contributed by atoms with Crippen LogP contribution in [0.4, 0.5) is 9.52 Å². The van der Waals surface area contributed by atoms with Crippen molar-refractivity contribution in [1.82, 2.24) is 9.29 Å². The van der Waals surface area contributed by atoms with Crippen molar-refractivity contribution in [2.24, 2.45) is 5.92 Å². The SMILES string of the molecule is CS(=O)(=O)N1CCCC(C(=O)Nc2nc3c(F)cccc3s2)C1. The molecule has 0 spiro atoms. The van der Waals surface area contributed by atoms with E-state index < -0.39 is 21.8 Å². The fourth-order valence-electron chi connectivity index (χ4n) is 2.63. The normalized spacial score (nSPS) is 19.8. The number of nitrogens with one attached hydrogen (secondary N) is 1. The Balaban J connectivity index is 1.74. The maximum atomic E-state index is 13.6. The summed E-state index contributed by atoms with van der Waals surface area (Å²) in [6, 6.07) is 4.64. The van der Waals surface area contributed by atoms with E-state index in [9.17, 15) is 17.6 Å². The second-order valence-electron chi connectivity index (χ2n) is 5.56. The molecule has 1 aliphatic rings. The van der Waals surface area contributed by atoms with Crippen LogP contribution >= 0.6 is 11.3 Å². The van der Waals surface area contributed by atoms with E-state index in [1.807, 2.05) is 0 Å². The molecule has 1 fully saturated rings. The van der Waals surface area contributed by atoms with Gasteiger partial charge in [0, 0.05) is 13.1 Å². The quantitative estimate of drug-likeness (QED) is 0.912. The molecule has 1 unspecified atom stereocenters. The van der Waals surface area contributed by atoms with E-state index >= 15 is 0 Å². The first-order chi connectivity index (χ1) is 10.8. The number of hydrogen-bond acceptors (Lipinski definition) is 5. The molecule has 1 amide bonds. The zero-order valence-electron chi connectivity index (χ0n) is 12.5. The van der Waals surface area contributed by atoms with Crippen molar-refractivity contribution in [2.45, 2.75) is 12.8 Å². The monoisotopic (exact) mass is 357 g/mol.